The monoisotopic (exact) mass is 968 g/mol. The number of para-hydroxylation sites is 4. The van der Waals surface area contributed by atoms with Crippen LogP contribution >= 0.6 is 0 Å². The normalized spacial score (nSPS) is 12.9. The minimum absolute atomic E-state index is 1.16. The maximum Gasteiger partial charge on any atom is 0.182 e. The Morgan fingerprint density at radius 1 is 0.240 bits per heavy atom. The van der Waals surface area contributed by atoms with Crippen LogP contribution in [0.25, 0.3) is 122 Å². The van der Waals surface area contributed by atoms with Gasteiger partial charge in [-0.25, -0.2) is 0 Å². The van der Waals surface area contributed by atoms with Gasteiger partial charge in [0.2, 0.25) is 0 Å². The molecule has 0 aliphatic carbocycles. The molecular weight excluding hydrogens is 925 g/mol. The van der Waals surface area contributed by atoms with E-state index < -0.39 is 8.07 Å². The van der Waals surface area contributed by atoms with Crippen LogP contribution < -0.4 is 20.7 Å². The van der Waals surface area contributed by atoms with Gasteiger partial charge >= 0.3 is 0 Å². The second-order valence-electron chi connectivity index (χ2n) is 20.1. The van der Waals surface area contributed by atoms with E-state index >= 15 is 0 Å². The second kappa shape index (κ2) is 16.2. The van der Waals surface area contributed by atoms with Crippen molar-refractivity contribution in [1.82, 2.24) is 19.1 Å². The highest BCUT2D eigenvalue weighted by Gasteiger charge is 2.54. The van der Waals surface area contributed by atoms with E-state index in [-0.39, 0.29) is 0 Å². The van der Waals surface area contributed by atoms with Gasteiger partial charge in [0.05, 0.1) is 22.1 Å². The zero-order valence-electron chi connectivity index (χ0n) is 40.7. The Bertz CT molecular complexity index is 4340. The van der Waals surface area contributed by atoms with Crippen LogP contribution in [0.15, 0.2) is 267 Å². The van der Waals surface area contributed by atoms with Crippen LogP contribution in [0.5, 0.6) is 0 Å². The molecule has 16 rings (SSSR count). The van der Waals surface area contributed by atoms with Gasteiger partial charge < -0.3 is 9.13 Å². The van der Waals surface area contributed by atoms with Crippen LogP contribution in [0.4, 0.5) is 0 Å². The van der Waals surface area contributed by atoms with Gasteiger partial charge in [-0.05, 0) is 185 Å². The number of aromatic nitrogens is 4. The first-order chi connectivity index (χ1) is 37.2. The molecule has 1 spiro atoms. The highest BCUT2D eigenvalue weighted by atomic mass is 28.3. The molecule has 0 saturated carbocycles. The molecule has 348 valence electrons. The number of benzene rings is 10. The molecule has 0 atom stereocenters. The van der Waals surface area contributed by atoms with Crippen LogP contribution in [0.2, 0.25) is 0 Å². The molecule has 0 N–H and O–H groups in total. The Morgan fingerprint density at radius 3 is 0.933 bits per heavy atom. The smallest absolute Gasteiger partial charge is 0.182 e. The van der Waals surface area contributed by atoms with E-state index in [9.17, 15) is 0 Å². The molecule has 2 aliphatic heterocycles. The molecule has 4 aromatic heterocycles. The van der Waals surface area contributed by atoms with Crippen molar-refractivity contribution in [2.45, 2.75) is 0 Å². The highest BCUT2D eigenvalue weighted by Crippen LogP contribution is 2.43. The summed E-state index contributed by atoms with van der Waals surface area (Å²) in [6.45, 7) is 0. The van der Waals surface area contributed by atoms with Gasteiger partial charge in [-0.1, -0.05) is 146 Å². The molecule has 0 unspecified atom stereocenters. The lowest BCUT2D eigenvalue weighted by atomic mass is 9.95. The quantitative estimate of drug-likeness (QED) is 0.156. The highest BCUT2D eigenvalue weighted by molar-refractivity contribution is 7.24. The number of fused-ring (bicyclic) bond motifs is 16. The first kappa shape index (κ1) is 41.9. The molecule has 2 aliphatic rings. The van der Waals surface area contributed by atoms with Crippen molar-refractivity contribution >= 4 is 72.4 Å². The van der Waals surface area contributed by atoms with Crippen LogP contribution in [-0.4, -0.2) is 27.2 Å². The van der Waals surface area contributed by atoms with Crippen molar-refractivity contribution in [3.63, 3.8) is 0 Å². The van der Waals surface area contributed by atoms with Gasteiger partial charge in [-0.2, -0.15) is 0 Å². The standard InChI is InChI=1S/C70H44N4Si/c1-3-11-53(12-4-1)73-63-17-9-7-15-55(63)57-25-19-51(43-65(57)73)49-23-29-69-61(41-49)62-42-50(52-20-26-58-56-16-8-10-18-64(56)74(66(58)44-52)54-13-5-2-6-14-54)24-30-70(62)75(69)67-27-21-47(45-31-35-71-36-32-45)39-59(67)60-40-48(22-28-68(60)75)46-33-37-72-38-34-46/h1-44H. The number of rotatable bonds is 6. The SMILES string of the molecule is c1ccc(-n2c3ccccc3c3ccc(-c4ccc5c(c4)-c4cc(-c6ccc7c8ccccc8n(-c8ccccc8)c7c6)ccc4[Si]54c5ccc(-c6ccncc6)cc5-c5cc(-c6ccncc6)ccc54)cc32)cc1. The van der Waals surface area contributed by atoms with Crippen molar-refractivity contribution < 1.29 is 0 Å². The number of nitrogens with zero attached hydrogens (tertiary/aromatic N) is 4. The number of hydrogen-bond donors (Lipinski definition) is 0. The van der Waals surface area contributed by atoms with Gasteiger partial charge in [0, 0.05) is 57.7 Å². The maximum absolute atomic E-state index is 4.38. The van der Waals surface area contributed by atoms with Crippen molar-refractivity contribution in [2.75, 3.05) is 0 Å². The van der Waals surface area contributed by atoms with E-state index in [4.69, 9.17) is 0 Å². The predicted octanol–water partition coefficient (Wildman–Crippen LogP) is 14.7. The Labute approximate surface area is 434 Å². The fraction of sp³-hybridized carbons (Fsp3) is 0. The summed E-state index contributed by atoms with van der Waals surface area (Å²) in [7, 11) is -2.92. The van der Waals surface area contributed by atoms with E-state index in [0.29, 0.717) is 0 Å². The van der Waals surface area contributed by atoms with Crippen LogP contribution in [0.3, 0.4) is 0 Å². The third-order valence-electron chi connectivity index (χ3n) is 16.3. The van der Waals surface area contributed by atoms with Crippen molar-refractivity contribution in [3.05, 3.63) is 267 Å². The number of hydrogen-bond acceptors (Lipinski definition) is 2. The average molecular weight is 969 g/mol. The van der Waals surface area contributed by atoms with Crippen LogP contribution in [-0.2, 0) is 0 Å². The van der Waals surface area contributed by atoms with Crippen molar-refractivity contribution in [1.29, 1.82) is 0 Å². The van der Waals surface area contributed by atoms with Gasteiger partial charge in [-0.3, -0.25) is 9.97 Å². The largest absolute Gasteiger partial charge is 0.309 e. The maximum atomic E-state index is 4.38. The van der Waals surface area contributed by atoms with Gasteiger partial charge in [0.1, 0.15) is 0 Å². The Balaban J connectivity index is 0.948. The third kappa shape index (κ3) is 6.10. The Hall–Kier alpha value is -9.68. The number of pyridine rings is 2. The summed E-state index contributed by atoms with van der Waals surface area (Å²) in [6, 6.07) is 91.1. The molecule has 14 aromatic rings. The molecule has 6 heterocycles. The average Bonchev–Trinajstić information content (AvgIpc) is 4.38. The minimum Gasteiger partial charge on any atom is -0.309 e. The summed E-state index contributed by atoms with van der Waals surface area (Å²) in [5, 5.41) is 10.8. The summed E-state index contributed by atoms with van der Waals surface area (Å²) in [5.41, 5.74) is 21.9. The van der Waals surface area contributed by atoms with Crippen LogP contribution in [0.1, 0.15) is 0 Å². The zero-order valence-corrected chi connectivity index (χ0v) is 41.7. The van der Waals surface area contributed by atoms with Crippen molar-refractivity contribution in [2.24, 2.45) is 0 Å². The molecule has 0 radical (unpaired) electrons. The lowest BCUT2D eigenvalue weighted by Gasteiger charge is -2.28. The molecule has 0 bridgehead atoms. The summed E-state index contributed by atoms with van der Waals surface area (Å²) < 4.78 is 4.85. The first-order valence-corrected chi connectivity index (χ1v) is 27.8. The molecule has 5 heteroatoms. The summed E-state index contributed by atoms with van der Waals surface area (Å²) in [5.74, 6) is 0. The Morgan fingerprint density at radius 2 is 0.547 bits per heavy atom. The lowest BCUT2D eigenvalue weighted by molar-refractivity contribution is 1.18. The van der Waals surface area contributed by atoms with E-state index in [2.05, 4.69) is 262 Å². The molecule has 0 amide bonds. The van der Waals surface area contributed by atoms with Gasteiger partial charge in [0.25, 0.3) is 0 Å². The fourth-order valence-corrected chi connectivity index (χ4v) is 18.6. The van der Waals surface area contributed by atoms with Crippen LogP contribution in [0, 0.1) is 0 Å². The van der Waals surface area contributed by atoms with E-state index in [0.717, 1.165) is 22.5 Å². The Kier molecular flexibility index (Phi) is 9.02. The fourth-order valence-electron chi connectivity index (χ4n) is 13.1. The third-order valence-corrected chi connectivity index (χ3v) is 21.3. The summed E-state index contributed by atoms with van der Waals surface area (Å²) in [6.07, 6.45) is 7.58. The molecule has 0 fully saturated rings. The van der Waals surface area contributed by atoms with E-state index in [1.165, 1.54) is 120 Å². The second-order valence-corrected chi connectivity index (χ2v) is 23.8. The lowest BCUT2D eigenvalue weighted by Crippen LogP contribution is -2.70. The van der Waals surface area contributed by atoms with E-state index in [1.807, 2.05) is 24.8 Å². The zero-order chi connectivity index (χ0) is 49.2. The minimum atomic E-state index is -2.92. The molecule has 4 nitrogen and oxygen atoms in total. The molecule has 75 heavy (non-hydrogen) atoms. The molecule has 10 aromatic carbocycles. The summed E-state index contributed by atoms with van der Waals surface area (Å²) >= 11 is 0. The van der Waals surface area contributed by atoms with Crippen molar-refractivity contribution in [3.8, 4) is 78.1 Å². The van der Waals surface area contributed by atoms with Gasteiger partial charge in [0.15, 0.2) is 8.07 Å². The van der Waals surface area contributed by atoms with Gasteiger partial charge in [-0.15, -0.1) is 0 Å². The first-order valence-electron chi connectivity index (χ1n) is 25.8. The summed E-state index contributed by atoms with van der Waals surface area (Å²) in [4.78, 5) is 8.75. The molecule has 0 saturated heterocycles. The molecular formula is C70H44N4Si. The topological polar surface area (TPSA) is 35.6 Å². The predicted molar refractivity (Wildman–Crippen MR) is 314 cm³/mol. The van der Waals surface area contributed by atoms with E-state index in [1.54, 1.807) is 0 Å².